The van der Waals surface area contributed by atoms with Gasteiger partial charge >= 0.3 is 0 Å². The molecule has 2 heterocycles. The van der Waals surface area contributed by atoms with Gasteiger partial charge in [0.05, 0.1) is 0 Å². The lowest BCUT2D eigenvalue weighted by Crippen LogP contribution is -2.49. The summed E-state index contributed by atoms with van der Waals surface area (Å²) in [6.45, 7) is 7.10. The summed E-state index contributed by atoms with van der Waals surface area (Å²) in [4.78, 5) is 17.4. The number of aliphatic imine (C=N–C) groups is 1. The molecule has 23 heavy (non-hydrogen) atoms. The van der Waals surface area contributed by atoms with Crippen LogP contribution in [0.5, 0.6) is 0 Å². The lowest BCUT2D eigenvalue weighted by Gasteiger charge is -2.33. The van der Waals surface area contributed by atoms with Gasteiger partial charge in [-0.2, -0.15) is 0 Å². The third-order valence-electron chi connectivity index (χ3n) is 5.76. The highest BCUT2D eigenvalue weighted by Crippen LogP contribution is 2.36. The molecule has 1 aliphatic carbocycles. The molecule has 0 aromatic heterocycles. The van der Waals surface area contributed by atoms with Crippen LogP contribution in [0.15, 0.2) is 17.0 Å². The van der Waals surface area contributed by atoms with Crippen molar-refractivity contribution in [1.82, 2.24) is 9.62 Å². The van der Waals surface area contributed by atoms with Crippen LogP contribution in [-0.2, 0) is 15.8 Å². The van der Waals surface area contributed by atoms with Gasteiger partial charge in [-0.25, -0.2) is 8.51 Å². The lowest BCUT2D eigenvalue weighted by atomic mass is 9.80. The summed E-state index contributed by atoms with van der Waals surface area (Å²) in [5.41, 5.74) is -0.612. The van der Waals surface area contributed by atoms with Gasteiger partial charge in [-0.15, -0.1) is 0 Å². The van der Waals surface area contributed by atoms with Crippen LogP contribution >= 0.6 is 0 Å². The Morgan fingerprint density at radius 3 is 2.57 bits per heavy atom. The molecule has 2 aliphatic heterocycles. The topological polar surface area (TPSA) is 61.8 Å². The Kier molecular flexibility index (Phi) is 5.01. The van der Waals surface area contributed by atoms with Gasteiger partial charge < -0.3 is 5.32 Å². The first-order valence-electron chi connectivity index (χ1n) is 8.77. The van der Waals surface area contributed by atoms with E-state index in [1.54, 1.807) is 0 Å². The van der Waals surface area contributed by atoms with Crippen LogP contribution in [0.3, 0.4) is 0 Å². The van der Waals surface area contributed by atoms with E-state index in [1.165, 1.54) is 24.7 Å². The second-order valence-corrected chi connectivity index (χ2v) is 8.38. The molecule has 1 spiro atoms. The smallest absolute Gasteiger partial charge is 0.253 e. The molecular formula is C17H27N3O2S. The molecule has 0 bridgehead atoms. The molecule has 0 aromatic rings. The molecule has 2 fully saturated rings. The van der Waals surface area contributed by atoms with Crippen molar-refractivity contribution in [2.24, 2.45) is 16.8 Å². The van der Waals surface area contributed by atoms with Crippen LogP contribution in [0.2, 0.25) is 0 Å². The van der Waals surface area contributed by atoms with Crippen molar-refractivity contribution in [1.29, 1.82) is 0 Å². The van der Waals surface area contributed by atoms with Crippen LogP contribution in [-0.4, -0.2) is 38.9 Å². The molecule has 1 amide bonds. The molecule has 6 heteroatoms. The maximum absolute atomic E-state index is 12.5. The third-order valence-corrected chi connectivity index (χ3v) is 6.92. The van der Waals surface area contributed by atoms with E-state index in [1.807, 2.05) is 4.31 Å². The van der Waals surface area contributed by atoms with Crippen LogP contribution < -0.4 is 5.32 Å². The van der Waals surface area contributed by atoms with Gasteiger partial charge in [0.25, 0.3) is 5.91 Å². The van der Waals surface area contributed by atoms with Gasteiger partial charge in [-0.05, 0) is 44.4 Å². The van der Waals surface area contributed by atoms with Crippen molar-refractivity contribution in [3.63, 3.8) is 0 Å². The zero-order chi connectivity index (χ0) is 16.4. The Morgan fingerprint density at radius 1 is 1.35 bits per heavy atom. The standard InChI is InChI=1S/C17H27N3O2S/c1-3-13-5-7-14(8-6-13)15-18-16(21)17(19-15)9-11-20(12-10-17)23(22)4-2/h4,13-14H,2-3,5-12H2,1H3,(H,18,19,21). The first-order chi connectivity index (χ1) is 11.1. The Hall–Kier alpha value is -1.01. The average Bonchev–Trinajstić information content (AvgIpc) is 2.91. The number of piperidine rings is 1. The number of nitrogens with zero attached hydrogens (tertiary/aromatic N) is 2. The Labute approximate surface area is 141 Å². The SMILES string of the molecule is C=CS(=O)N1CCC2(CC1)N=C(C1CCC(CC)CC1)NC2=O. The summed E-state index contributed by atoms with van der Waals surface area (Å²) >= 11 is 0. The number of amidine groups is 1. The van der Waals surface area contributed by atoms with Gasteiger partial charge in [0, 0.05) is 24.4 Å². The minimum atomic E-state index is -1.14. The van der Waals surface area contributed by atoms with Crippen molar-refractivity contribution in [2.75, 3.05) is 13.1 Å². The summed E-state index contributed by atoms with van der Waals surface area (Å²) in [6.07, 6.45) is 7.31. The minimum absolute atomic E-state index is 0.0501. The molecule has 1 N–H and O–H groups in total. The number of amides is 1. The summed E-state index contributed by atoms with van der Waals surface area (Å²) in [6, 6.07) is 0. The summed E-state index contributed by atoms with van der Waals surface area (Å²) in [5, 5.41) is 4.52. The molecule has 128 valence electrons. The van der Waals surface area contributed by atoms with Crippen molar-refractivity contribution in [3.05, 3.63) is 12.0 Å². The molecule has 1 unspecified atom stereocenters. The molecule has 1 atom stereocenters. The number of carbonyl (C=O) groups is 1. The van der Waals surface area contributed by atoms with E-state index in [-0.39, 0.29) is 5.91 Å². The lowest BCUT2D eigenvalue weighted by molar-refractivity contribution is -0.124. The van der Waals surface area contributed by atoms with Crippen molar-refractivity contribution >= 4 is 22.7 Å². The monoisotopic (exact) mass is 337 g/mol. The normalized spacial score (nSPS) is 32.4. The average molecular weight is 337 g/mol. The Morgan fingerprint density at radius 2 is 2.00 bits per heavy atom. The molecule has 1 saturated carbocycles. The van der Waals surface area contributed by atoms with E-state index in [4.69, 9.17) is 4.99 Å². The van der Waals surface area contributed by atoms with Crippen LogP contribution in [0, 0.1) is 11.8 Å². The Balaban J connectivity index is 1.65. The fraction of sp³-hybridized carbons (Fsp3) is 0.765. The summed E-state index contributed by atoms with van der Waals surface area (Å²) < 4.78 is 13.7. The maximum Gasteiger partial charge on any atom is 0.253 e. The van der Waals surface area contributed by atoms with Gasteiger partial charge in [0.15, 0.2) is 0 Å². The summed E-state index contributed by atoms with van der Waals surface area (Å²) in [7, 11) is -1.14. The second-order valence-electron chi connectivity index (χ2n) is 6.98. The van der Waals surface area contributed by atoms with Crippen molar-refractivity contribution in [2.45, 2.75) is 57.4 Å². The Bertz CT molecular complexity index is 530. The third kappa shape index (κ3) is 3.29. The van der Waals surface area contributed by atoms with E-state index in [2.05, 4.69) is 18.8 Å². The van der Waals surface area contributed by atoms with E-state index >= 15 is 0 Å². The van der Waals surface area contributed by atoms with Gasteiger partial charge in [0.2, 0.25) is 0 Å². The highest BCUT2D eigenvalue weighted by molar-refractivity contribution is 7.85. The van der Waals surface area contributed by atoms with E-state index < -0.39 is 16.5 Å². The molecule has 0 radical (unpaired) electrons. The van der Waals surface area contributed by atoms with Crippen LogP contribution in [0.1, 0.15) is 51.9 Å². The summed E-state index contributed by atoms with van der Waals surface area (Å²) in [5.74, 6) is 2.23. The van der Waals surface area contributed by atoms with Gasteiger partial charge in [-0.1, -0.05) is 19.9 Å². The zero-order valence-corrected chi connectivity index (χ0v) is 14.7. The van der Waals surface area contributed by atoms with Gasteiger partial charge in [-0.3, -0.25) is 9.79 Å². The second kappa shape index (κ2) is 6.85. The van der Waals surface area contributed by atoms with Crippen LogP contribution in [0.25, 0.3) is 0 Å². The molecular weight excluding hydrogens is 310 g/mol. The number of hydrogen-bond donors (Lipinski definition) is 1. The van der Waals surface area contributed by atoms with E-state index in [0.717, 1.165) is 24.6 Å². The highest BCUT2D eigenvalue weighted by Gasteiger charge is 2.47. The molecule has 0 aromatic carbocycles. The predicted octanol–water partition coefficient (Wildman–Crippen LogP) is 2.37. The maximum atomic E-state index is 12.5. The number of hydrogen-bond acceptors (Lipinski definition) is 3. The first-order valence-corrected chi connectivity index (χ1v) is 9.94. The molecule has 1 saturated heterocycles. The van der Waals surface area contributed by atoms with E-state index in [0.29, 0.717) is 31.8 Å². The van der Waals surface area contributed by atoms with Gasteiger partial charge in [0.1, 0.15) is 22.4 Å². The quantitative estimate of drug-likeness (QED) is 0.856. The highest BCUT2D eigenvalue weighted by atomic mass is 32.2. The zero-order valence-electron chi connectivity index (χ0n) is 13.9. The van der Waals surface area contributed by atoms with Crippen LogP contribution in [0.4, 0.5) is 0 Å². The van der Waals surface area contributed by atoms with E-state index in [9.17, 15) is 9.00 Å². The predicted molar refractivity (Wildman–Crippen MR) is 93.2 cm³/mol. The molecule has 5 nitrogen and oxygen atoms in total. The number of carbonyl (C=O) groups excluding carboxylic acids is 1. The largest absolute Gasteiger partial charge is 0.312 e. The van der Waals surface area contributed by atoms with Crippen molar-refractivity contribution in [3.8, 4) is 0 Å². The fourth-order valence-corrected chi connectivity index (χ4v) is 4.81. The molecule has 3 aliphatic rings. The number of nitrogens with one attached hydrogen (secondary N) is 1. The fourth-order valence-electron chi connectivity index (χ4n) is 4.06. The first kappa shape index (κ1) is 16.8. The van der Waals surface area contributed by atoms with Crippen molar-refractivity contribution < 1.29 is 9.00 Å². The minimum Gasteiger partial charge on any atom is -0.312 e. The molecule has 3 rings (SSSR count). The number of rotatable bonds is 4.